The monoisotopic (exact) mass is 301 g/mol. The van der Waals surface area contributed by atoms with Crippen molar-refractivity contribution >= 4 is 23.2 Å². The highest BCUT2D eigenvalue weighted by molar-refractivity contribution is 7.21. The molecule has 5 heteroatoms. The topological polar surface area (TPSA) is 31.4 Å². The Kier molecular flexibility index (Phi) is 3.47. The maximum absolute atomic E-state index is 6.15. The van der Waals surface area contributed by atoms with E-state index < -0.39 is 0 Å². The van der Waals surface area contributed by atoms with E-state index in [0.717, 1.165) is 16.0 Å². The van der Waals surface area contributed by atoms with Crippen LogP contribution in [0.2, 0.25) is 0 Å². The molecule has 0 radical (unpaired) electrons. The van der Waals surface area contributed by atoms with Gasteiger partial charge in [0.2, 0.25) is 0 Å². The van der Waals surface area contributed by atoms with Crippen molar-refractivity contribution in [2.24, 2.45) is 0 Å². The normalized spacial score (nSPS) is 20.0. The first-order valence-corrected chi connectivity index (χ1v) is 8.04. The second kappa shape index (κ2) is 4.94. The van der Waals surface area contributed by atoms with Gasteiger partial charge in [0.15, 0.2) is 0 Å². The standard InChI is InChI=1S/C16H20BNO2S/c1-11-7-6-8-12(9-11)13-14(21-10-18-13)17-19-15(2,3)16(4,5)20-17/h6-10H,1-5H3. The van der Waals surface area contributed by atoms with Gasteiger partial charge in [-0.2, -0.15) is 0 Å². The Bertz CT molecular complexity index is 650. The number of aromatic nitrogens is 1. The number of rotatable bonds is 2. The van der Waals surface area contributed by atoms with E-state index in [2.05, 4.69) is 63.9 Å². The van der Waals surface area contributed by atoms with Crippen molar-refractivity contribution in [3.63, 3.8) is 0 Å². The lowest BCUT2D eigenvalue weighted by Crippen LogP contribution is -2.41. The average Bonchev–Trinajstić information content (AvgIpc) is 2.93. The molecule has 1 fully saturated rings. The molecule has 0 saturated carbocycles. The highest BCUT2D eigenvalue weighted by Gasteiger charge is 2.53. The molecule has 1 saturated heterocycles. The van der Waals surface area contributed by atoms with Crippen molar-refractivity contribution in [2.75, 3.05) is 0 Å². The van der Waals surface area contributed by atoms with Gasteiger partial charge >= 0.3 is 7.12 Å². The van der Waals surface area contributed by atoms with Crippen molar-refractivity contribution in [2.45, 2.75) is 45.8 Å². The Hall–Kier alpha value is -1.17. The molecular weight excluding hydrogens is 281 g/mol. The fourth-order valence-electron chi connectivity index (χ4n) is 2.38. The summed E-state index contributed by atoms with van der Waals surface area (Å²) in [7, 11) is -0.349. The van der Waals surface area contributed by atoms with Crippen LogP contribution in [0.15, 0.2) is 29.8 Å². The van der Waals surface area contributed by atoms with Crippen LogP contribution < -0.4 is 4.78 Å². The van der Waals surface area contributed by atoms with Gasteiger partial charge in [-0.05, 0) is 40.7 Å². The van der Waals surface area contributed by atoms with Crippen LogP contribution in [-0.2, 0) is 9.31 Å². The predicted octanol–water partition coefficient (Wildman–Crippen LogP) is 3.42. The minimum Gasteiger partial charge on any atom is -0.399 e. The van der Waals surface area contributed by atoms with E-state index >= 15 is 0 Å². The third-order valence-corrected chi connectivity index (χ3v) is 5.20. The number of nitrogens with zero attached hydrogens (tertiary/aromatic N) is 1. The molecular formula is C16H20BNO2S. The predicted molar refractivity (Wildman–Crippen MR) is 88.0 cm³/mol. The van der Waals surface area contributed by atoms with E-state index in [1.165, 1.54) is 5.56 Å². The largest absolute Gasteiger partial charge is 0.507 e. The summed E-state index contributed by atoms with van der Waals surface area (Å²) in [6.07, 6.45) is 0. The molecule has 0 aliphatic carbocycles. The van der Waals surface area contributed by atoms with Gasteiger partial charge in [-0.25, -0.2) is 4.98 Å². The molecule has 0 spiro atoms. The number of benzene rings is 1. The van der Waals surface area contributed by atoms with Gasteiger partial charge < -0.3 is 9.31 Å². The lowest BCUT2D eigenvalue weighted by atomic mass is 9.84. The molecule has 2 aromatic rings. The highest BCUT2D eigenvalue weighted by atomic mass is 32.1. The van der Waals surface area contributed by atoms with Crippen LogP contribution in [0.3, 0.4) is 0 Å². The first-order valence-electron chi connectivity index (χ1n) is 7.16. The summed E-state index contributed by atoms with van der Waals surface area (Å²) in [6, 6.07) is 8.36. The maximum Gasteiger partial charge on any atom is 0.507 e. The van der Waals surface area contributed by atoms with Crippen LogP contribution in [0, 0.1) is 6.92 Å². The molecule has 0 atom stereocenters. The molecule has 21 heavy (non-hydrogen) atoms. The molecule has 0 unspecified atom stereocenters. The van der Waals surface area contributed by atoms with E-state index in [9.17, 15) is 0 Å². The van der Waals surface area contributed by atoms with Crippen LogP contribution in [0.1, 0.15) is 33.3 Å². The third-order valence-electron chi connectivity index (χ3n) is 4.35. The van der Waals surface area contributed by atoms with Crippen LogP contribution in [-0.4, -0.2) is 23.3 Å². The third kappa shape index (κ3) is 2.54. The minimum absolute atomic E-state index is 0.328. The average molecular weight is 301 g/mol. The van der Waals surface area contributed by atoms with Gasteiger partial charge in [-0.1, -0.05) is 23.8 Å². The first-order chi connectivity index (χ1) is 9.80. The van der Waals surface area contributed by atoms with Gasteiger partial charge in [0, 0.05) is 5.56 Å². The number of hydrogen-bond donors (Lipinski definition) is 0. The van der Waals surface area contributed by atoms with E-state index in [4.69, 9.17) is 9.31 Å². The Morgan fingerprint density at radius 1 is 1.10 bits per heavy atom. The highest BCUT2D eigenvalue weighted by Crippen LogP contribution is 2.37. The number of thiazole rings is 1. The summed E-state index contributed by atoms with van der Waals surface area (Å²) in [5.41, 5.74) is 4.50. The summed E-state index contributed by atoms with van der Waals surface area (Å²) < 4.78 is 13.3. The Balaban J connectivity index is 1.98. The summed E-state index contributed by atoms with van der Waals surface area (Å²) in [4.78, 5) is 4.53. The second-order valence-electron chi connectivity index (χ2n) is 6.52. The number of hydrogen-bond acceptors (Lipinski definition) is 4. The molecule has 1 aromatic carbocycles. The van der Waals surface area contributed by atoms with Crippen molar-refractivity contribution in [3.05, 3.63) is 35.3 Å². The van der Waals surface area contributed by atoms with Crippen molar-refractivity contribution < 1.29 is 9.31 Å². The molecule has 0 bridgehead atoms. The molecule has 1 aliphatic heterocycles. The van der Waals surface area contributed by atoms with Crippen molar-refractivity contribution in [1.82, 2.24) is 4.98 Å². The Morgan fingerprint density at radius 2 is 1.76 bits per heavy atom. The zero-order valence-electron chi connectivity index (χ0n) is 13.1. The minimum atomic E-state index is -0.349. The van der Waals surface area contributed by atoms with Gasteiger partial charge in [-0.15, -0.1) is 11.3 Å². The molecule has 2 heterocycles. The Morgan fingerprint density at radius 3 is 2.38 bits per heavy atom. The molecule has 0 N–H and O–H groups in total. The number of aryl methyl sites for hydroxylation is 1. The molecule has 1 aromatic heterocycles. The molecule has 1 aliphatic rings. The Labute approximate surface area is 130 Å². The first kappa shape index (κ1) is 14.8. The van der Waals surface area contributed by atoms with E-state index in [0.29, 0.717) is 0 Å². The molecule has 110 valence electrons. The molecule has 0 amide bonds. The van der Waals surface area contributed by atoms with Crippen LogP contribution in [0.25, 0.3) is 11.3 Å². The smallest absolute Gasteiger partial charge is 0.399 e. The summed E-state index contributed by atoms with van der Waals surface area (Å²) in [6.45, 7) is 10.4. The zero-order chi connectivity index (χ0) is 15.3. The van der Waals surface area contributed by atoms with Gasteiger partial charge in [0.25, 0.3) is 0 Å². The lowest BCUT2D eigenvalue weighted by Gasteiger charge is -2.32. The molecule has 3 rings (SSSR count). The van der Waals surface area contributed by atoms with Gasteiger partial charge in [-0.3, -0.25) is 0 Å². The van der Waals surface area contributed by atoms with E-state index in [1.807, 2.05) is 5.51 Å². The zero-order valence-corrected chi connectivity index (χ0v) is 14.0. The second-order valence-corrected chi connectivity index (χ2v) is 7.41. The summed E-state index contributed by atoms with van der Waals surface area (Å²) in [5.74, 6) is 0. The maximum atomic E-state index is 6.15. The lowest BCUT2D eigenvalue weighted by molar-refractivity contribution is 0.00578. The fraction of sp³-hybridized carbons (Fsp3) is 0.438. The quantitative estimate of drug-likeness (QED) is 0.797. The fourth-order valence-corrected chi connectivity index (χ4v) is 3.14. The van der Waals surface area contributed by atoms with Gasteiger partial charge in [0.05, 0.1) is 27.2 Å². The van der Waals surface area contributed by atoms with Crippen molar-refractivity contribution in [3.8, 4) is 11.3 Å². The van der Waals surface area contributed by atoms with Crippen LogP contribution in [0.5, 0.6) is 0 Å². The summed E-state index contributed by atoms with van der Waals surface area (Å²) >= 11 is 1.59. The van der Waals surface area contributed by atoms with Gasteiger partial charge in [0.1, 0.15) is 0 Å². The van der Waals surface area contributed by atoms with Crippen molar-refractivity contribution in [1.29, 1.82) is 0 Å². The summed E-state index contributed by atoms with van der Waals surface area (Å²) in [5, 5.41) is 0. The van der Waals surface area contributed by atoms with Crippen LogP contribution >= 0.6 is 11.3 Å². The molecule has 3 nitrogen and oxygen atoms in total. The SMILES string of the molecule is Cc1cccc(-c2ncsc2B2OC(C)(C)C(C)(C)O2)c1. The van der Waals surface area contributed by atoms with E-state index in [-0.39, 0.29) is 18.3 Å². The van der Waals surface area contributed by atoms with E-state index in [1.54, 1.807) is 11.3 Å². The van der Waals surface area contributed by atoms with Crippen LogP contribution in [0.4, 0.5) is 0 Å².